The van der Waals surface area contributed by atoms with E-state index in [-0.39, 0.29) is 18.2 Å². The fourth-order valence-corrected chi connectivity index (χ4v) is 2.80. The molecule has 1 aliphatic rings. The smallest absolute Gasteiger partial charge is 0.229 e. The van der Waals surface area contributed by atoms with Crippen molar-refractivity contribution in [3.05, 3.63) is 42.7 Å². The Labute approximate surface area is 145 Å². The zero-order chi connectivity index (χ0) is 17.8. The van der Waals surface area contributed by atoms with Gasteiger partial charge in [-0.25, -0.2) is 0 Å². The average Bonchev–Trinajstić information content (AvgIpc) is 3.03. The van der Waals surface area contributed by atoms with Gasteiger partial charge in [-0.2, -0.15) is 0 Å². The van der Waals surface area contributed by atoms with E-state index in [1.807, 2.05) is 0 Å². The third-order valence-corrected chi connectivity index (χ3v) is 4.10. The van der Waals surface area contributed by atoms with Gasteiger partial charge in [-0.3, -0.25) is 14.6 Å². The largest absolute Gasteiger partial charge is 0.497 e. The lowest BCUT2D eigenvalue weighted by Gasteiger charge is -2.20. The summed E-state index contributed by atoms with van der Waals surface area (Å²) >= 11 is 0. The van der Waals surface area contributed by atoms with Gasteiger partial charge in [0, 0.05) is 25.2 Å². The molecule has 7 heteroatoms. The van der Waals surface area contributed by atoms with Crippen LogP contribution < -0.4 is 19.7 Å². The number of ether oxygens (including phenoxy) is 2. The first-order chi connectivity index (χ1) is 12.1. The second-order valence-electron chi connectivity index (χ2n) is 5.67. The number of hydrogen-bond donors (Lipinski definition) is 1. The fourth-order valence-electron chi connectivity index (χ4n) is 2.80. The summed E-state index contributed by atoms with van der Waals surface area (Å²) in [7, 11) is 3.10. The van der Waals surface area contributed by atoms with E-state index in [1.165, 1.54) is 7.11 Å². The SMILES string of the molecule is COc1ccc(N2C[C@H](C(=O)Nc3cccnc3)CC2=O)c(OC)c1. The number of nitrogens with zero attached hydrogens (tertiary/aromatic N) is 2. The molecule has 0 radical (unpaired) electrons. The van der Waals surface area contributed by atoms with E-state index in [0.717, 1.165) is 0 Å². The summed E-state index contributed by atoms with van der Waals surface area (Å²) in [5.41, 5.74) is 1.24. The van der Waals surface area contributed by atoms with Gasteiger partial charge in [-0.15, -0.1) is 0 Å². The lowest BCUT2D eigenvalue weighted by molar-refractivity contribution is -0.122. The molecule has 7 nitrogen and oxygen atoms in total. The summed E-state index contributed by atoms with van der Waals surface area (Å²) in [5, 5.41) is 2.79. The lowest BCUT2D eigenvalue weighted by atomic mass is 10.1. The van der Waals surface area contributed by atoms with E-state index in [2.05, 4.69) is 10.3 Å². The number of hydrogen-bond acceptors (Lipinski definition) is 5. The number of aromatic nitrogens is 1. The average molecular weight is 341 g/mol. The van der Waals surface area contributed by atoms with Crippen molar-refractivity contribution < 1.29 is 19.1 Å². The summed E-state index contributed by atoms with van der Waals surface area (Å²) in [4.78, 5) is 30.4. The van der Waals surface area contributed by atoms with Crippen molar-refractivity contribution in [1.82, 2.24) is 4.98 Å². The van der Waals surface area contributed by atoms with E-state index < -0.39 is 5.92 Å². The molecule has 130 valence electrons. The van der Waals surface area contributed by atoms with Crippen molar-refractivity contribution in [2.24, 2.45) is 5.92 Å². The first-order valence-electron chi connectivity index (χ1n) is 7.85. The number of methoxy groups -OCH3 is 2. The minimum atomic E-state index is -0.431. The zero-order valence-electron chi connectivity index (χ0n) is 14.1. The van der Waals surface area contributed by atoms with E-state index in [4.69, 9.17) is 9.47 Å². The number of pyridine rings is 1. The van der Waals surface area contributed by atoms with E-state index >= 15 is 0 Å². The molecule has 1 aromatic heterocycles. The molecule has 25 heavy (non-hydrogen) atoms. The molecule has 2 amide bonds. The maximum absolute atomic E-state index is 12.4. The van der Waals surface area contributed by atoms with Gasteiger partial charge in [0.05, 0.1) is 37.7 Å². The van der Waals surface area contributed by atoms with Gasteiger partial charge in [0.1, 0.15) is 11.5 Å². The van der Waals surface area contributed by atoms with E-state index in [1.54, 1.807) is 54.7 Å². The van der Waals surface area contributed by atoms with Gasteiger partial charge in [0.15, 0.2) is 0 Å². The van der Waals surface area contributed by atoms with Gasteiger partial charge in [-0.05, 0) is 24.3 Å². The molecule has 1 N–H and O–H groups in total. The highest BCUT2D eigenvalue weighted by Gasteiger charge is 2.36. The summed E-state index contributed by atoms with van der Waals surface area (Å²) in [6.45, 7) is 0.299. The molecular weight excluding hydrogens is 322 g/mol. The lowest BCUT2D eigenvalue weighted by Crippen LogP contribution is -2.28. The molecule has 2 aromatic rings. The number of rotatable bonds is 5. The second-order valence-corrected chi connectivity index (χ2v) is 5.67. The third kappa shape index (κ3) is 3.55. The Balaban J connectivity index is 1.75. The molecule has 1 aromatic carbocycles. The predicted molar refractivity (Wildman–Crippen MR) is 92.9 cm³/mol. The highest BCUT2D eigenvalue weighted by molar-refractivity contribution is 6.04. The van der Waals surface area contributed by atoms with Crippen LogP contribution in [-0.2, 0) is 9.59 Å². The molecular formula is C18H19N3O4. The van der Waals surface area contributed by atoms with Crippen LogP contribution in [0.15, 0.2) is 42.7 Å². The van der Waals surface area contributed by atoms with Crippen molar-refractivity contribution in [1.29, 1.82) is 0 Å². The van der Waals surface area contributed by atoms with Crippen LogP contribution in [0.5, 0.6) is 11.5 Å². The van der Waals surface area contributed by atoms with Crippen molar-refractivity contribution >= 4 is 23.2 Å². The van der Waals surface area contributed by atoms with Crippen LogP contribution in [0.2, 0.25) is 0 Å². The first kappa shape index (κ1) is 16.8. The number of anilines is 2. The van der Waals surface area contributed by atoms with Crippen molar-refractivity contribution in [3.8, 4) is 11.5 Å². The van der Waals surface area contributed by atoms with Gasteiger partial charge in [-0.1, -0.05) is 0 Å². The first-order valence-corrected chi connectivity index (χ1v) is 7.85. The van der Waals surface area contributed by atoms with Gasteiger partial charge in [0.25, 0.3) is 0 Å². The van der Waals surface area contributed by atoms with Crippen molar-refractivity contribution in [2.75, 3.05) is 31.0 Å². The zero-order valence-corrected chi connectivity index (χ0v) is 14.1. The van der Waals surface area contributed by atoms with E-state index in [9.17, 15) is 9.59 Å². The van der Waals surface area contributed by atoms with Crippen LogP contribution in [0.3, 0.4) is 0 Å². The number of carbonyl (C=O) groups is 2. The van der Waals surface area contributed by atoms with Crippen LogP contribution in [0, 0.1) is 5.92 Å². The molecule has 0 spiro atoms. The maximum atomic E-state index is 12.4. The summed E-state index contributed by atoms with van der Waals surface area (Å²) in [6, 6.07) is 8.73. The molecule has 1 atom stereocenters. The monoisotopic (exact) mass is 341 g/mol. The number of amides is 2. The Bertz CT molecular complexity index is 779. The molecule has 3 rings (SSSR count). The highest BCUT2D eigenvalue weighted by Crippen LogP contribution is 2.35. The van der Waals surface area contributed by atoms with Gasteiger partial charge in [0.2, 0.25) is 11.8 Å². The maximum Gasteiger partial charge on any atom is 0.229 e. The Kier molecular flexibility index (Phi) is 4.83. The highest BCUT2D eigenvalue weighted by atomic mass is 16.5. The number of carbonyl (C=O) groups excluding carboxylic acids is 2. The van der Waals surface area contributed by atoms with Crippen molar-refractivity contribution in [3.63, 3.8) is 0 Å². The molecule has 1 aliphatic heterocycles. The Morgan fingerprint density at radius 2 is 2.12 bits per heavy atom. The molecule has 1 fully saturated rings. The van der Waals surface area contributed by atoms with E-state index in [0.29, 0.717) is 29.4 Å². The van der Waals surface area contributed by atoms with Gasteiger partial charge < -0.3 is 19.7 Å². The molecule has 0 saturated carbocycles. The summed E-state index contributed by atoms with van der Waals surface area (Å²) in [5.74, 6) is 0.421. The minimum absolute atomic E-state index is 0.116. The summed E-state index contributed by atoms with van der Waals surface area (Å²) < 4.78 is 10.5. The molecule has 1 saturated heterocycles. The second kappa shape index (κ2) is 7.21. The molecule has 0 unspecified atom stereocenters. The van der Waals surface area contributed by atoms with Crippen LogP contribution in [-0.4, -0.2) is 37.6 Å². The molecule has 2 heterocycles. The number of benzene rings is 1. The molecule has 0 aliphatic carbocycles. The van der Waals surface area contributed by atoms with Crippen LogP contribution >= 0.6 is 0 Å². The van der Waals surface area contributed by atoms with Crippen LogP contribution in [0.4, 0.5) is 11.4 Å². The Morgan fingerprint density at radius 3 is 2.80 bits per heavy atom. The standard InChI is InChI=1S/C18H19N3O4/c1-24-14-5-6-15(16(9-14)25-2)21-11-12(8-17(21)22)18(23)20-13-4-3-7-19-10-13/h3-7,9-10,12H,8,11H2,1-2H3,(H,20,23)/t12-/m1/s1. The summed E-state index contributed by atoms with van der Waals surface area (Å²) in [6.07, 6.45) is 3.35. The normalized spacial score (nSPS) is 16.6. The quantitative estimate of drug-likeness (QED) is 0.901. The van der Waals surface area contributed by atoms with Crippen molar-refractivity contribution in [2.45, 2.75) is 6.42 Å². The Hall–Kier alpha value is -3.09. The number of nitrogens with one attached hydrogen (secondary N) is 1. The fraction of sp³-hybridized carbons (Fsp3) is 0.278. The predicted octanol–water partition coefficient (Wildman–Crippen LogP) is 2.09. The topological polar surface area (TPSA) is 80.8 Å². The van der Waals surface area contributed by atoms with Gasteiger partial charge >= 0.3 is 0 Å². The Morgan fingerprint density at radius 1 is 1.28 bits per heavy atom. The molecule has 0 bridgehead atoms. The van der Waals surface area contributed by atoms with Crippen LogP contribution in [0.25, 0.3) is 0 Å². The van der Waals surface area contributed by atoms with Crippen LogP contribution in [0.1, 0.15) is 6.42 Å². The third-order valence-electron chi connectivity index (χ3n) is 4.10. The minimum Gasteiger partial charge on any atom is -0.497 e.